The molecule has 116 valence electrons. The summed E-state index contributed by atoms with van der Waals surface area (Å²) in [5.74, 6) is -0.112. The zero-order chi connectivity index (χ0) is 15.9. The van der Waals surface area contributed by atoms with Crippen LogP contribution in [0.5, 0.6) is 0 Å². The Morgan fingerprint density at radius 1 is 1.18 bits per heavy atom. The molecule has 0 radical (unpaired) electrons. The minimum atomic E-state index is -0.278. The number of carbonyl (C=O) groups excluding carboxylic acids is 2. The average Bonchev–Trinajstić information content (AvgIpc) is 3.07. The van der Waals surface area contributed by atoms with E-state index >= 15 is 0 Å². The lowest BCUT2D eigenvalue weighted by Crippen LogP contribution is -2.32. The number of carbonyl (C=O) groups is 2. The second-order valence-electron chi connectivity index (χ2n) is 5.14. The van der Waals surface area contributed by atoms with Gasteiger partial charge in [-0.25, -0.2) is 0 Å². The van der Waals surface area contributed by atoms with Gasteiger partial charge in [0, 0.05) is 18.2 Å². The highest BCUT2D eigenvalue weighted by atomic mass is 16.3. The summed E-state index contributed by atoms with van der Waals surface area (Å²) >= 11 is 0. The zero-order valence-electron chi connectivity index (χ0n) is 12.8. The van der Waals surface area contributed by atoms with Crippen LogP contribution in [0.4, 0.5) is 0 Å². The fourth-order valence-corrected chi connectivity index (χ4v) is 1.91. The smallest absolute Gasteiger partial charge is 0.287 e. The molecular formula is C17H20N2O3. The molecule has 22 heavy (non-hydrogen) atoms. The van der Waals surface area contributed by atoms with E-state index in [9.17, 15) is 9.59 Å². The normalized spacial score (nSPS) is 11.7. The molecule has 0 aliphatic heterocycles. The molecule has 0 aliphatic rings. The molecule has 0 spiro atoms. The summed E-state index contributed by atoms with van der Waals surface area (Å²) in [4.78, 5) is 23.9. The molecule has 1 atom stereocenters. The third-order valence-electron chi connectivity index (χ3n) is 3.38. The van der Waals surface area contributed by atoms with Crippen LogP contribution < -0.4 is 10.6 Å². The molecule has 5 heteroatoms. The van der Waals surface area contributed by atoms with Gasteiger partial charge in [0.2, 0.25) is 0 Å². The van der Waals surface area contributed by atoms with Gasteiger partial charge in [-0.05, 0) is 43.2 Å². The third kappa shape index (κ3) is 4.22. The first-order valence-corrected chi connectivity index (χ1v) is 7.31. The molecule has 2 aromatic rings. The van der Waals surface area contributed by atoms with Crippen LogP contribution in [0, 0.1) is 0 Å². The first kappa shape index (κ1) is 15.8. The van der Waals surface area contributed by atoms with Crippen molar-refractivity contribution in [2.75, 3.05) is 0 Å². The van der Waals surface area contributed by atoms with Crippen molar-refractivity contribution in [2.45, 2.75) is 32.9 Å². The van der Waals surface area contributed by atoms with Crippen molar-refractivity contribution in [1.82, 2.24) is 10.6 Å². The second-order valence-corrected chi connectivity index (χ2v) is 5.14. The molecule has 1 unspecified atom stereocenters. The van der Waals surface area contributed by atoms with Crippen LogP contribution in [0.25, 0.3) is 0 Å². The zero-order valence-corrected chi connectivity index (χ0v) is 12.8. The third-order valence-corrected chi connectivity index (χ3v) is 3.38. The molecule has 1 aromatic heterocycles. The van der Waals surface area contributed by atoms with Gasteiger partial charge in [0.25, 0.3) is 11.8 Å². The van der Waals surface area contributed by atoms with Crippen molar-refractivity contribution >= 4 is 11.8 Å². The highest BCUT2D eigenvalue weighted by Crippen LogP contribution is 2.07. The van der Waals surface area contributed by atoms with E-state index in [0.717, 1.165) is 12.0 Å². The maximum atomic E-state index is 12.1. The van der Waals surface area contributed by atoms with Gasteiger partial charge in [-0.3, -0.25) is 9.59 Å². The van der Waals surface area contributed by atoms with E-state index in [4.69, 9.17) is 4.42 Å². The summed E-state index contributed by atoms with van der Waals surface area (Å²) in [6, 6.07) is 10.6. The Labute approximate surface area is 129 Å². The van der Waals surface area contributed by atoms with Gasteiger partial charge in [0.15, 0.2) is 5.76 Å². The Kier molecular flexibility index (Phi) is 5.36. The van der Waals surface area contributed by atoms with Crippen LogP contribution in [0.2, 0.25) is 0 Å². The molecule has 0 aliphatic carbocycles. The Bertz CT molecular complexity index is 635. The minimum Gasteiger partial charge on any atom is -0.459 e. The molecule has 0 saturated heterocycles. The summed E-state index contributed by atoms with van der Waals surface area (Å²) in [6.07, 6.45) is 2.33. The molecule has 0 fully saturated rings. The minimum absolute atomic E-state index is 0.103. The van der Waals surface area contributed by atoms with Crippen LogP contribution in [0.15, 0.2) is 47.1 Å². The molecule has 2 rings (SSSR count). The standard InChI is InChI=1S/C17H20N2O3/c1-3-12(2)19-16(20)14-7-4-6-13(10-14)11-18-17(21)15-8-5-9-22-15/h4-10,12H,3,11H2,1-2H3,(H,18,21)(H,19,20). The van der Waals surface area contributed by atoms with E-state index in [1.807, 2.05) is 19.9 Å². The van der Waals surface area contributed by atoms with Crippen LogP contribution >= 0.6 is 0 Å². The van der Waals surface area contributed by atoms with Gasteiger partial charge in [-0.15, -0.1) is 0 Å². The molecular weight excluding hydrogens is 280 g/mol. The van der Waals surface area contributed by atoms with Crippen LogP contribution in [-0.2, 0) is 6.54 Å². The first-order chi connectivity index (χ1) is 10.6. The number of furan rings is 1. The van der Waals surface area contributed by atoms with Crippen molar-refractivity contribution in [3.8, 4) is 0 Å². The number of benzene rings is 1. The summed E-state index contributed by atoms with van der Waals surface area (Å²) in [7, 11) is 0. The Morgan fingerprint density at radius 3 is 2.68 bits per heavy atom. The monoisotopic (exact) mass is 300 g/mol. The van der Waals surface area contributed by atoms with Crippen molar-refractivity contribution in [1.29, 1.82) is 0 Å². The Hall–Kier alpha value is -2.56. The number of nitrogens with one attached hydrogen (secondary N) is 2. The maximum absolute atomic E-state index is 12.1. The molecule has 0 bridgehead atoms. The highest BCUT2D eigenvalue weighted by Gasteiger charge is 2.10. The maximum Gasteiger partial charge on any atom is 0.287 e. The fourth-order valence-electron chi connectivity index (χ4n) is 1.91. The van der Waals surface area contributed by atoms with E-state index in [2.05, 4.69) is 10.6 Å². The van der Waals surface area contributed by atoms with Crippen molar-refractivity contribution in [3.63, 3.8) is 0 Å². The van der Waals surface area contributed by atoms with Gasteiger partial charge >= 0.3 is 0 Å². The van der Waals surface area contributed by atoms with Crippen molar-refractivity contribution < 1.29 is 14.0 Å². The quantitative estimate of drug-likeness (QED) is 0.861. The first-order valence-electron chi connectivity index (χ1n) is 7.31. The van der Waals surface area contributed by atoms with Gasteiger partial charge in [0.05, 0.1) is 6.26 Å². The molecule has 1 aromatic carbocycles. The second kappa shape index (κ2) is 7.45. The van der Waals surface area contributed by atoms with Gasteiger partial charge in [-0.1, -0.05) is 19.1 Å². The number of hydrogen-bond donors (Lipinski definition) is 2. The van der Waals surface area contributed by atoms with Crippen LogP contribution in [-0.4, -0.2) is 17.9 Å². The average molecular weight is 300 g/mol. The van der Waals surface area contributed by atoms with E-state index in [0.29, 0.717) is 12.1 Å². The summed E-state index contributed by atoms with van der Waals surface area (Å²) < 4.78 is 5.03. The summed E-state index contributed by atoms with van der Waals surface area (Å²) in [5.41, 5.74) is 1.45. The fraction of sp³-hybridized carbons (Fsp3) is 0.294. The lowest BCUT2D eigenvalue weighted by atomic mass is 10.1. The highest BCUT2D eigenvalue weighted by molar-refractivity contribution is 5.94. The van der Waals surface area contributed by atoms with Gasteiger partial charge < -0.3 is 15.1 Å². The molecule has 2 amide bonds. The Morgan fingerprint density at radius 2 is 2.00 bits per heavy atom. The van der Waals surface area contributed by atoms with E-state index in [1.165, 1.54) is 6.26 Å². The Balaban J connectivity index is 1.96. The van der Waals surface area contributed by atoms with Crippen LogP contribution in [0.1, 0.15) is 46.7 Å². The van der Waals surface area contributed by atoms with Crippen LogP contribution in [0.3, 0.4) is 0 Å². The predicted molar refractivity (Wildman–Crippen MR) is 83.5 cm³/mol. The summed E-state index contributed by atoms with van der Waals surface area (Å²) in [5, 5.41) is 5.67. The topological polar surface area (TPSA) is 71.3 Å². The molecule has 2 N–H and O–H groups in total. The molecule has 5 nitrogen and oxygen atoms in total. The lowest BCUT2D eigenvalue weighted by Gasteiger charge is -2.12. The molecule has 1 heterocycles. The van der Waals surface area contributed by atoms with E-state index in [-0.39, 0.29) is 23.6 Å². The van der Waals surface area contributed by atoms with Crippen molar-refractivity contribution in [2.24, 2.45) is 0 Å². The van der Waals surface area contributed by atoms with E-state index < -0.39 is 0 Å². The van der Waals surface area contributed by atoms with Gasteiger partial charge in [-0.2, -0.15) is 0 Å². The number of rotatable bonds is 6. The van der Waals surface area contributed by atoms with Gasteiger partial charge in [0.1, 0.15) is 0 Å². The molecule has 0 saturated carbocycles. The van der Waals surface area contributed by atoms with Crippen molar-refractivity contribution in [3.05, 3.63) is 59.5 Å². The largest absolute Gasteiger partial charge is 0.459 e. The predicted octanol–water partition coefficient (Wildman–Crippen LogP) is 2.74. The number of hydrogen-bond acceptors (Lipinski definition) is 3. The summed E-state index contributed by atoms with van der Waals surface area (Å²) in [6.45, 7) is 4.32. The van der Waals surface area contributed by atoms with E-state index in [1.54, 1.807) is 30.3 Å². The SMILES string of the molecule is CCC(C)NC(=O)c1cccc(CNC(=O)c2ccco2)c1. The lowest BCUT2D eigenvalue weighted by molar-refractivity contribution is 0.0921. The number of amides is 2.